The number of carbonyl (C=O) groups is 2. The predicted molar refractivity (Wildman–Crippen MR) is 132 cm³/mol. The van der Waals surface area contributed by atoms with Crippen LogP contribution in [0, 0.1) is 0 Å². The van der Waals surface area contributed by atoms with Gasteiger partial charge < -0.3 is 19.5 Å². The molecule has 35 heavy (non-hydrogen) atoms. The zero-order chi connectivity index (χ0) is 25.6. The van der Waals surface area contributed by atoms with Crippen LogP contribution in [0.5, 0.6) is 11.5 Å². The molecular weight excluding hydrogens is 472 g/mol. The first kappa shape index (κ1) is 25.6. The first-order valence-corrected chi connectivity index (χ1v) is 12.0. The quantitative estimate of drug-likeness (QED) is 0.445. The van der Waals surface area contributed by atoms with E-state index in [1.165, 1.54) is 69.8 Å². The number of ether oxygens (including phenoxy) is 3. The van der Waals surface area contributed by atoms with E-state index in [1.54, 1.807) is 25.1 Å². The Hall–Kier alpha value is -4.05. The smallest absolute Gasteiger partial charge is 0.338 e. The number of methoxy groups -OCH3 is 2. The number of nitrogens with zero attached hydrogens (tertiary/aromatic N) is 1. The van der Waals surface area contributed by atoms with Crippen molar-refractivity contribution in [3.63, 3.8) is 0 Å². The zero-order valence-corrected chi connectivity index (χ0v) is 20.6. The lowest BCUT2D eigenvalue weighted by atomic mass is 10.1. The molecule has 10 heteroatoms. The SMILES string of the molecule is CCOC(=O)c1cccc(NC(=O)c2ccc(N(C)S(=O)(=O)c3ccc(OC)c(OC)c3)cc2)c1. The summed E-state index contributed by atoms with van der Waals surface area (Å²) in [4.78, 5) is 24.6. The third-order valence-corrected chi connectivity index (χ3v) is 6.92. The molecule has 0 bridgehead atoms. The summed E-state index contributed by atoms with van der Waals surface area (Å²) in [5, 5.41) is 2.72. The molecule has 0 aliphatic carbocycles. The summed E-state index contributed by atoms with van der Waals surface area (Å²) in [5.41, 5.74) is 1.42. The second-order valence-electron chi connectivity index (χ2n) is 7.29. The van der Waals surface area contributed by atoms with Crippen LogP contribution in [-0.2, 0) is 14.8 Å². The van der Waals surface area contributed by atoms with E-state index in [0.717, 1.165) is 4.31 Å². The number of esters is 1. The van der Waals surface area contributed by atoms with E-state index in [1.807, 2.05) is 0 Å². The topological polar surface area (TPSA) is 111 Å². The fraction of sp³-hybridized carbons (Fsp3) is 0.200. The van der Waals surface area contributed by atoms with Gasteiger partial charge in [0.15, 0.2) is 11.5 Å². The molecule has 0 fully saturated rings. The molecule has 3 aromatic carbocycles. The molecule has 3 aromatic rings. The summed E-state index contributed by atoms with van der Waals surface area (Å²) in [6, 6.07) is 16.8. The Bertz CT molecular complexity index is 1320. The van der Waals surface area contributed by atoms with Gasteiger partial charge in [-0.1, -0.05) is 6.07 Å². The molecule has 0 aliphatic rings. The van der Waals surface area contributed by atoms with Crippen molar-refractivity contribution in [2.45, 2.75) is 11.8 Å². The summed E-state index contributed by atoms with van der Waals surface area (Å²) in [6.45, 7) is 1.96. The number of sulfonamides is 1. The maximum absolute atomic E-state index is 13.1. The van der Waals surface area contributed by atoms with Gasteiger partial charge in [0.05, 0.1) is 37.0 Å². The highest BCUT2D eigenvalue weighted by molar-refractivity contribution is 7.92. The average Bonchev–Trinajstić information content (AvgIpc) is 2.88. The second kappa shape index (κ2) is 10.9. The monoisotopic (exact) mass is 498 g/mol. The highest BCUT2D eigenvalue weighted by Gasteiger charge is 2.23. The summed E-state index contributed by atoms with van der Waals surface area (Å²) >= 11 is 0. The van der Waals surface area contributed by atoms with Crippen LogP contribution in [0.25, 0.3) is 0 Å². The largest absolute Gasteiger partial charge is 0.493 e. The first-order valence-electron chi connectivity index (χ1n) is 10.6. The van der Waals surface area contributed by atoms with Crippen molar-refractivity contribution < 1.29 is 32.2 Å². The standard InChI is InChI=1S/C25H26N2O7S/c1-5-34-25(29)18-7-6-8-19(15-18)26-24(28)17-9-11-20(12-10-17)27(2)35(30,31)21-13-14-22(32-3)23(16-21)33-4/h6-16H,5H2,1-4H3,(H,26,28). The molecule has 1 amide bonds. The third-order valence-electron chi connectivity index (χ3n) is 5.14. The minimum atomic E-state index is -3.90. The van der Waals surface area contributed by atoms with Crippen molar-refractivity contribution in [3.05, 3.63) is 77.9 Å². The van der Waals surface area contributed by atoms with Gasteiger partial charge in [0.2, 0.25) is 0 Å². The lowest BCUT2D eigenvalue weighted by Gasteiger charge is -2.20. The molecule has 0 saturated carbocycles. The number of amides is 1. The molecule has 0 unspecified atom stereocenters. The van der Waals surface area contributed by atoms with Crippen molar-refractivity contribution in [1.82, 2.24) is 0 Å². The number of benzene rings is 3. The summed E-state index contributed by atoms with van der Waals surface area (Å²) < 4.78 is 42.7. The molecular formula is C25H26N2O7S. The normalized spacial score (nSPS) is 10.9. The van der Waals surface area contributed by atoms with Crippen LogP contribution in [0.4, 0.5) is 11.4 Å². The van der Waals surface area contributed by atoms with E-state index >= 15 is 0 Å². The third kappa shape index (κ3) is 5.72. The summed E-state index contributed by atoms with van der Waals surface area (Å²) in [5.74, 6) is -0.187. The first-order chi connectivity index (χ1) is 16.7. The van der Waals surface area contributed by atoms with Crippen molar-refractivity contribution in [2.24, 2.45) is 0 Å². The van der Waals surface area contributed by atoms with E-state index in [4.69, 9.17) is 14.2 Å². The Morgan fingerprint density at radius 1 is 0.886 bits per heavy atom. The second-order valence-corrected chi connectivity index (χ2v) is 9.26. The van der Waals surface area contributed by atoms with Crippen LogP contribution in [-0.4, -0.2) is 48.2 Å². The lowest BCUT2D eigenvalue weighted by molar-refractivity contribution is 0.0526. The minimum absolute atomic E-state index is 0.0287. The highest BCUT2D eigenvalue weighted by atomic mass is 32.2. The Kier molecular flexibility index (Phi) is 7.98. The molecule has 184 valence electrons. The number of nitrogens with one attached hydrogen (secondary N) is 1. The van der Waals surface area contributed by atoms with E-state index in [9.17, 15) is 18.0 Å². The Balaban J connectivity index is 1.76. The number of hydrogen-bond donors (Lipinski definition) is 1. The molecule has 0 aliphatic heterocycles. The number of hydrogen-bond acceptors (Lipinski definition) is 7. The number of anilines is 2. The van der Waals surface area contributed by atoms with Crippen LogP contribution >= 0.6 is 0 Å². The summed E-state index contributed by atoms with van der Waals surface area (Å²) in [7, 11) is 0.414. The minimum Gasteiger partial charge on any atom is -0.493 e. The maximum atomic E-state index is 13.1. The van der Waals surface area contributed by atoms with Crippen LogP contribution in [0.15, 0.2) is 71.6 Å². The van der Waals surface area contributed by atoms with Gasteiger partial charge in [-0.05, 0) is 61.5 Å². The Labute approximate surface area is 204 Å². The van der Waals surface area contributed by atoms with E-state index in [-0.39, 0.29) is 11.5 Å². The number of rotatable bonds is 9. The summed E-state index contributed by atoms with van der Waals surface area (Å²) in [6.07, 6.45) is 0. The van der Waals surface area contributed by atoms with E-state index in [2.05, 4.69) is 5.32 Å². The van der Waals surface area contributed by atoms with Crippen molar-refractivity contribution in [2.75, 3.05) is 37.5 Å². The molecule has 9 nitrogen and oxygen atoms in total. The van der Waals surface area contributed by atoms with Gasteiger partial charge in [-0.25, -0.2) is 13.2 Å². The van der Waals surface area contributed by atoms with Gasteiger partial charge in [0.25, 0.3) is 15.9 Å². The van der Waals surface area contributed by atoms with Crippen molar-refractivity contribution in [1.29, 1.82) is 0 Å². The highest BCUT2D eigenvalue weighted by Crippen LogP contribution is 2.31. The molecule has 0 heterocycles. The van der Waals surface area contributed by atoms with Gasteiger partial charge in [-0.15, -0.1) is 0 Å². The average molecular weight is 499 g/mol. The van der Waals surface area contributed by atoms with Crippen LogP contribution in [0.1, 0.15) is 27.6 Å². The van der Waals surface area contributed by atoms with Crippen molar-refractivity contribution >= 4 is 33.3 Å². The van der Waals surface area contributed by atoms with Crippen LogP contribution < -0.4 is 19.1 Å². The van der Waals surface area contributed by atoms with Crippen LogP contribution in [0.2, 0.25) is 0 Å². The van der Waals surface area contributed by atoms with Gasteiger partial charge in [-0.2, -0.15) is 0 Å². The maximum Gasteiger partial charge on any atom is 0.338 e. The molecule has 0 radical (unpaired) electrons. The van der Waals surface area contributed by atoms with E-state index in [0.29, 0.717) is 34.0 Å². The van der Waals surface area contributed by atoms with Gasteiger partial charge in [0.1, 0.15) is 0 Å². The molecule has 0 aromatic heterocycles. The van der Waals surface area contributed by atoms with E-state index < -0.39 is 21.9 Å². The number of carbonyl (C=O) groups excluding carboxylic acids is 2. The Morgan fingerprint density at radius 3 is 2.20 bits per heavy atom. The molecule has 0 atom stereocenters. The molecule has 3 rings (SSSR count). The lowest BCUT2D eigenvalue weighted by Crippen LogP contribution is -2.26. The van der Waals surface area contributed by atoms with Gasteiger partial charge in [-0.3, -0.25) is 9.10 Å². The van der Waals surface area contributed by atoms with Crippen molar-refractivity contribution in [3.8, 4) is 11.5 Å². The fourth-order valence-corrected chi connectivity index (χ4v) is 4.45. The fourth-order valence-electron chi connectivity index (χ4n) is 3.24. The van der Waals surface area contributed by atoms with Crippen LogP contribution in [0.3, 0.4) is 0 Å². The molecule has 0 saturated heterocycles. The predicted octanol–water partition coefficient (Wildman–Crippen LogP) is 3.96. The molecule has 0 spiro atoms. The Morgan fingerprint density at radius 2 is 1.57 bits per heavy atom. The zero-order valence-electron chi connectivity index (χ0n) is 19.8. The van der Waals surface area contributed by atoms with Gasteiger partial charge >= 0.3 is 5.97 Å². The van der Waals surface area contributed by atoms with Gasteiger partial charge in [0, 0.05) is 24.4 Å². The molecule has 1 N–H and O–H groups in total.